The third kappa shape index (κ3) is 6.39. The number of anilines is 1. The first-order valence-electron chi connectivity index (χ1n) is 8.73. The van der Waals surface area contributed by atoms with Crippen LogP contribution in [0, 0.1) is 17.5 Å². The average Bonchev–Trinajstić information content (AvgIpc) is 2.70. The third-order valence-corrected chi connectivity index (χ3v) is 3.74. The summed E-state index contributed by atoms with van der Waals surface area (Å²) in [5, 5.41) is 7.50. The number of aliphatic imine (C=N–C) groups is 1. The SMILES string of the molecule is CCNC(=NCc1cccc(C(F)(F)F)c1)NCC(=O)Nc1ccc(F)c(F)c1F. The molecule has 30 heavy (non-hydrogen) atoms. The second kappa shape index (κ2) is 9.99. The highest BCUT2D eigenvalue weighted by atomic mass is 19.4. The van der Waals surface area contributed by atoms with Crippen molar-refractivity contribution < 1.29 is 31.1 Å². The van der Waals surface area contributed by atoms with Crippen LogP contribution in [0.15, 0.2) is 41.4 Å². The summed E-state index contributed by atoms with van der Waals surface area (Å²) in [5.41, 5.74) is -1.04. The van der Waals surface area contributed by atoms with E-state index in [1.54, 1.807) is 6.92 Å². The van der Waals surface area contributed by atoms with Crippen LogP contribution in [0.25, 0.3) is 0 Å². The molecule has 0 saturated heterocycles. The Hall–Kier alpha value is -3.24. The maximum atomic E-state index is 13.6. The van der Waals surface area contributed by atoms with Gasteiger partial charge in [0.25, 0.3) is 0 Å². The van der Waals surface area contributed by atoms with Crippen LogP contribution in [0.3, 0.4) is 0 Å². The molecule has 0 aromatic heterocycles. The summed E-state index contributed by atoms with van der Waals surface area (Å²) in [5.74, 6) is -5.29. The van der Waals surface area contributed by atoms with Crippen LogP contribution >= 0.6 is 0 Å². The van der Waals surface area contributed by atoms with Crippen molar-refractivity contribution in [2.24, 2.45) is 4.99 Å². The van der Waals surface area contributed by atoms with Gasteiger partial charge in [-0.2, -0.15) is 13.2 Å². The Morgan fingerprint density at radius 1 is 1.03 bits per heavy atom. The maximum Gasteiger partial charge on any atom is 0.416 e. The van der Waals surface area contributed by atoms with Gasteiger partial charge in [0.05, 0.1) is 24.3 Å². The first-order valence-corrected chi connectivity index (χ1v) is 8.73. The van der Waals surface area contributed by atoms with Crippen LogP contribution in [-0.4, -0.2) is 25.0 Å². The number of benzene rings is 2. The lowest BCUT2D eigenvalue weighted by Gasteiger charge is -2.12. The maximum absolute atomic E-state index is 13.6. The summed E-state index contributed by atoms with van der Waals surface area (Å²) < 4.78 is 78.1. The number of halogens is 6. The number of hydrogen-bond donors (Lipinski definition) is 3. The van der Waals surface area contributed by atoms with Gasteiger partial charge in [-0.1, -0.05) is 12.1 Å². The Labute approximate surface area is 168 Å². The topological polar surface area (TPSA) is 65.5 Å². The number of nitrogens with one attached hydrogen (secondary N) is 3. The highest BCUT2D eigenvalue weighted by Gasteiger charge is 2.30. The van der Waals surface area contributed by atoms with Gasteiger partial charge in [-0.15, -0.1) is 0 Å². The largest absolute Gasteiger partial charge is 0.416 e. The smallest absolute Gasteiger partial charge is 0.357 e. The van der Waals surface area contributed by atoms with Crippen LogP contribution in [0.5, 0.6) is 0 Å². The average molecular weight is 432 g/mol. The van der Waals surface area contributed by atoms with Gasteiger partial charge in [-0.05, 0) is 36.8 Å². The molecule has 0 saturated carbocycles. The Morgan fingerprint density at radius 3 is 2.43 bits per heavy atom. The molecular weight excluding hydrogens is 414 g/mol. The second-order valence-corrected chi connectivity index (χ2v) is 6.02. The molecule has 0 fully saturated rings. The monoisotopic (exact) mass is 432 g/mol. The van der Waals surface area contributed by atoms with E-state index in [0.29, 0.717) is 18.2 Å². The second-order valence-electron chi connectivity index (χ2n) is 6.02. The quantitative estimate of drug-likeness (QED) is 0.282. The van der Waals surface area contributed by atoms with Gasteiger partial charge in [-0.3, -0.25) is 4.79 Å². The summed E-state index contributed by atoms with van der Waals surface area (Å²) in [6.07, 6.45) is -4.48. The van der Waals surface area contributed by atoms with Gasteiger partial charge in [0.1, 0.15) is 0 Å². The molecule has 0 heterocycles. The number of guanidine groups is 1. The number of amides is 1. The first-order chi connectivity index (χ1) is 14.1. The molecule has 0 aliphatic rings. The molecule has 3 N–H and O–H groups in total. The fourth-order valence-electron chi connectivity index (χ4n) is 2.34. The van der Waals surface area contributed by atoms with Crippen LogP contribution in [0.2, 0.25) is 0 Å². The molecule has 2 aromatic carbocycles. The molecular formula is C19H18F6N4O. The molecule has 0 bridgehead atoms. The molecule has 0 atom stereocenters. The van der Waals surface area contributed by atoms with Crippen molar-refractivity contribution in [3.63, 3.8) is 0 Å². The number of alkyl halides is 3. The minimum atomic E-state index is -4.48. The normalized spacial score (nSPS) is 11.9. The van der Waals surface area contributed by atoms with E-state index in [0.717, 1.165) is 18.2 Å². The van der Waals surface area contributed by atoms with E-state index < -0.39 is 47.3 Å². The zero-order chi connectivity index (χ0) is 22.3. The van der Waals surface area contributed by atoms with Gasteiger partial charge in [-0.25, -0.2) is 18.2 Å². The van der Waals surface area contributed by atoms with Crippen molar-refractivity contribution >= 4 is 17.6 Å². The van der Waals surface area contributed by atoms with E-state index in [1.807, 2.05) is 0 Å². The number of hydrogen-bond acceptors (Lipinski definition) is 2. The lowest BCUT2D eigenvalue weighted by atomic mass is 10.1. The summed E-state index contributed by atoms with van der Waals surface area (Å²) in [6.45, 7) is 1.62. The Kier molecular flexibility index (Phi) is 7.67. The Bertz CT molecular complexity index is 930. The van der Waals surface area contributed by atoms with Crippen molar-refractivity contribution in [2.75, 3.05) is 18.4 Å². The van der Waals surface area contributed by atoms with Gasteiger partial charge in [0, 0.05) is 6.54 Å². The fraction of sp³-hybridized carbons (Fsp3) is 0.263. The molecule has 11 heteroatoms. The van der Waals surface area contributed by atoms with Crippen molar-refractivity contribution in [2.45, 2.75) is 19.6 Å². The van der Waals surface area contributed by atoms with E-state index >= 15 is 0 Å². The highest BCUT2D eigenvalue weighted by Crippen LogP contribution is 2.29. The molecule has 1 amide bonds. The number of carbonyl (C=O) groups is 1. The standard InChI is InChI=1S/C19H18F6N4O/c1-2-26-18(27-9-11-4-3-5-12(8-11)19(23,24)25)28-10-15(30)29-14-7-6-13(20)16(21)17(14)22/h3-8H,2,9-10H2,1H3,(H,29,30)(H2,26,27,28). The zero-order valence-corrected chi connectivity index (χ0v) is 15.7. The van der Waals surface area contributed by atoms with Gasteiger partial charge >= 0.3 is 6.18 Å². The molecule has 2 aromatic rings. The third-order valence-electron chi connectivity index (χ3n) is 3.74. The van der Waals surface area contributed by atoms with Crippen LogP contribution in [0.4, 0.5) is 32.0 Å². The number of rotatable bonds is 6. The summed E-state index contributed by atoms with van der Waals surface area (Å²) in [6, 6.07) is 6.18. The molecule has 0 radical (unpaired) electrons. The highest BCUT2D eigenvalue weighted by molar-refractivity contribution is 5.95. The van der Waals surface area contributed by atoms with E-state index in [2.05, 4.69) is 20.9 Å². The Balaban J connectivity index is 2.00. The summed E-state index contributed by atoms with van der Waals surface area (Å²) in [7, 11) is 0. The van der Waals surface area contributed by atoms with Crippen LogP contribution < -0.4 is 16.0 Å². The zero-order valence-electron chi connectivity index (χ0n) is 15.7. The lowest BCUT2D eigenvalue weighted by Crippen LogP contribution is -2.41. The van der Waals surface area contributed by atoms with Crippen molar-refractivity contribution in [1.82, 2.24) is 10.6 Å². The molecule has 0 unspecified atom stereocenters. The van der Waals surface area contributed by atoms with Crippen LogP contribution in [0.1, 0.15) is 18.1 Å². The van der Waals surface area contributed by atoms with Gasteiger partial charge in [0.2, 0.25) is 5.91 Å². The van der Waals surface area contributed by atoms with Crippen molar-refractivity contribution in [1.29, 1.82) is 0 Å². The van der Waals surface area contributed by atoms with Gasteiger partial charge in [0.15, 0.2) is 23.4 Å². The number of carbonyl (C=O) groups excluding carboxylic acids is 1. The van der Waals surface area contributed by atoms with E-state index in [-0.39, 0.29) is 12.5 Å². The molecule has 0 aliphatic carbocycles. The lowest BCUT2D eigenvalue weighted by molar-refractivity contribution is -0.137. The van der Waals surface area contributed by atoms with E-state index in [1.165, 1.54) is 12.1 Å². The van der Waals surface area contributed by atoms with Crippen LogP contribution in [-0.2, 0) is 17.5 Å². The fourth-order valence-corrected chi connectivity index (χ4v) is 2.34. The first kappa shape index (κ1) is 23.0. The van der Waals surface area contributed by atoms with Crippen molar-refractivity contribution in [3.05, 3.63) is 65.0 Å². The number of nitrogens with zero attached hydrogens (tertiary/aromatic N) is 1. The van der Waals surface area contributed by atoms with Crippen molar-refractivity contribution in [3.8, 4) is 0 Å². The molecule has 162 valence electrons. The molecule has 0 spiro atoms. The molecule has 2 rings (SSSR count). The molecule has 0 aliphatic heterocycles. The predicted octanol–water partition coefficient (Wildman–Crippen LogP) is 3.82. The van der Waals surface area contributed by atoms with E-state index in [4.69, 9.17) is 0 Å². The minimum absolute atomic E-state index is 0.0985. The summed E-state index contributed by atoms with van der Waals surface area (Å²) >= 11 is 0. The predicted molar refractivity (Wildman–Crippen MR) is 99.2 cm³/mol. The Morgan fingerprint density at radius 2 is 1.77 bits per heavy atom. The van der Waals surface area contributed by atoms with E-state index in [9.17, 15) is 31.1 Å². The summed E-state index contributed by atoms with van der Waals surface area (Å²) in [4.78, 5) is 16.0. The minimum Gasteiger partial charge on any atom is -0.357 e. The molecule has 5 nitrogen and oxygen atoms in total. The van der Waals surface area contributed by atoms with Gasteiger partial charge < -0.3 is 16.0 Å².